The fourth-order valence-corrected chi connectivity index (χ4v) is 2.46. The second-order valence-corrected chi connectivity index (χ2v) is 4.93. The van der Waals surface area contributed by atoms with Gasteiger partial charge in [0.15, 0.2) is 11.2 Å². The van der Waals surface area contributed by atoms with Crippen molar-refractivity contribution in [1.82, 2.24) is 0 Å². The number of ketones is 1. The van der Waals surface area contributed by atoms with Gasteiger partial charge in [-0.15, -0.1) is 0 Å². The molecule has 0 spiro atoms. The lowest BCUT2D eigenvalue weighted by Gasteiger charge is -2.33. The predicted octanol–water partition coefficient (Wildman–Crippen LogP) is 2.35. The van der Waals surface area contributed by atoms with E-state index in [2.05, 4.69) is 6.58 Å². The number of hydrogen-bond donors (Lipinski definition) is 0. The van der Waals surface area contributed by atoms with Gasteiger partial charge in [0.05, 0.1) is 13.2 Å². The van der Waals surface area contributed by atoms with Crippen molar-refractivity contribution in [3.05, 3.63) is 23.8 Å². The van der Waals surface area contributed by atoms with Gasteiger partial charge in [0.1, 0.15) is 0 Å². The second-order valence-electron chi connectivity index (χ2n) is 4.93. The van der Waals surface area contributed by atoms with Gasteiger partial charge in [-0.25, -0.2) is 0 Å². The second kappa shape index (κ2) is 7.20. The molecule has 0 amide bonds. The first-order valence-corrected chi connectivity index (χ1v) is 7.18. The number of ether oxygens (including phenoxy) is 2. The van der Waals surface area contributed by atoms with Crippen LogP contribution in [0.15, 0.2) is 23.8 Å². The fourth-order valence-electron chi connectivity index (χ4n) is 2.46. The van der Waals surface area contributed by atoms with Crippen LogP contribution >= 0.6 is 0 Å². The van der Waals surface area contributed by atoms with E-state index >= 15 is 0 Å². The Kier molecular flexibility index (Phi) is 5.88. The first-order chi connectivity index (χ1) is 9.92. The zero-order valence-electron chi connectivity index (χ0n) is 12.9. The van der Waals surface area contributed by atoms with Crippen LogP contribution in [-0.2, 0) is 23.9 Å². The van der Waals surface area contributed by atoms with E-state index in [4.69, 9.17) is 9.47 Å². The molecule has 21 heavy (non-hydrogen) atoms. The molecule has 1 aliphatic carbocycles. The zero-order chi connectivity index (χ0) is 16.0. The molecule has 0 aromatic carbocycles. The van der Waals surface area contributed by atoms with Crippen LogP contribution in [0, 0.1) is 5.41 Å². The Morgan fingerprint density at radius 3 is 2.05 bits per heavy atom. The van der Waals surface area contributed by atoms with Crippen LogP contribution in [0.5, 0.6) is 0 Å². The number of carbonyl (C=O) groups excluding carboxylic acids is 3. The van der Waals surface area contributed by atoms with Gasteiger partial charge in [-0.2, -0.15) is 0 Å². The summed E-state index contributed by atoms with van der Waals surface area (Å²) in [6.07, 6.45) is 2.29. The summed E-state index contributed by atoms with van der Waals surface area (Å²) >= 11 is 0. The molecule has 5 heteroatoms. The lowest BCUT2D eigenvalue weighted by atomic mass is 9.69. The van der Waals surface area contributed by atoms with E-state index in [0.29, 0.717) is 17.6 Å². The molecule has 0 heterocycles. The fraction of sp³-hybridized carbons (Fsp3) is 0.562. The Hall–Kier alpha value is -1.91. The number of carbonyl (C=O) groups is 3. The molecule has 116 valence electrons. The summed E-state index contributed by atoms with van der Waals surface area (Å²) in [4.78, 5) is 36.8. The molecular formula is C16H22O5. The van der Waals surface area contributed by atoms with Crippen molar-refractivity contribution >= 4 is 17.7 Å². The van der Waals surface area contributed by atoms with Crippen LogP contribution in [0.3, 0.4) is 0 Å². The van der Waals surface area contributed by atoms with Crippen molar-refractivity contribution in [3.8, 4) is 0 Å². The van der Waals surface area contributed by atoms with E-state index in [0.717, 1.165) is 0 Å². The molecule has 0 N–H and O–H groups in total. The summed E-state index contributed by atoms with van der Waals surface area (Å²) < 4.78 is 9.98. The van der Waals surface area contributed by atoms with Crippen LogP contribution < -0.4 is 0 Å². The maximum atomic E-state index is 12.3. The third kappa shape index (κ3) is 3.40. The van der Waals surface area contributed by atoms with E-state index in [-0.39, 0.29) is 31.8 Å². The lowest BCUT2D eigenvalue weighted by Crippen LogP contribution is -2.47. The van der Waals surface area contributed by atoms with E-state index in [1.54, 1.807) is 19.9 Å². The monoisotopic (exact) mass is 294 g/mol. The highest BCUT2D eigenvalue weighted by Gasteiger charge is 2.53. The van der Waals surface area contributed by atoms with E-state index in [1.165, 1.54) is 0 Å². The molecule has 0 radical (unpaired) electrons. The van der Waals surface area contributed by atoms with Crippen molar-refractivity contribution in [2.75, 3.05) is 13.2 Å². The third-order valence-electron chi connectivity index (χ3n) is 3.40. The number of Topliss-reactive ketones (excluding diaryl/α,β-unsaturated/α-hetero) is 1. The number of rotatable bonds is 5. The molecule has 0 unspecified atom stereocenters. The Morgan fingerprint density at radius 2 is 1.67 bits per heavy atom. The van der Waals surface area contributed by atoms with E-state index in [1.807, 2.05) is 6.92 Å². The molecule has 5 nitrogen and oxygen atoms in total. The molecule has 0 saturated heterocycles. The molecule has 0 bridgehead atoms. The van der Waals surface area contributed by atoms with Crippen molar-refractivity contribution in [2.45, 2.75) is 40.0 Å². The van der Waals surface area contributed by atoms with Gasteiger partial charge >= 0.3 is 11.9 Å². The summed E-state index contributed by atoms with van der Waals surface area (Å²) in [5.74, 6) is -1.70. The van der Waals surface area contributed by atoms with Crippen molar-refractivity contribution in [3.63, 3.8) is 0 Å². The topological polar surface area (TPSA) is 69.7 Å². The van der Waals surface area contributed by atoms with Crippen LogP contribution in [0.4, 0.5) is 0 Å². The minimum Gasteiger partial charge on any atom is -0.465 e. The highest BCUT2D eigenvalue weighted by molar-refractivity contribution is 6.11. The quantitative estimate of drug-likeness (QED) is 0.442. The highest BCUT2D eigenvalue weighted by Crippen LogP contribution is 2.41. The highest BCUT2D eigenvalue weighted by atomic mass is 16.6. The standard InChI is InChI=1S/C16H22O5/c1-5-8-12-11(4)9-16(10-13(12)17,14(18)20-6-2)15(19)21-7-3/h8H,4-7,9-10H2,1-3H3/b12-8+. The van der Waals surface area contributed by atoms with Gasteiger partial charge in [-0.3, -0.25) is 14.4 Å². The molecule has 1 fully saturated rings. The first kappa shape index (κ1) is 17.1. The van der Waals surface area contributed by atoms with Crippen LogP contribution in [0.2, 0.25) is 0 Å². The van der Waals surface area contributed by atoms with Crippen molar-refractivity contribution in [1.29, 1.82) is 0 Å². The minimum absolute atomic E-state index is 0.0578. The number of hydrogen-bond acceptors (Lipinski definition) is 5. The van der Waals surface area contributed by atoms with Gasteiger partial charge in [0.2, 0.25) is 0 Å². The Labute approximate surface area is 125 Å². The molecule has 1 aliphatic rings. The summed E-state index contributed by atoms with van der Waals surface area (Å²) in [6, 6.07) is 0. The van der Waals surface area contributed by atoms with Gasteiger partial charge in [0.25, 0.3) is 0 Å². The van der Waals surface area contributed by atoms with Crippen LogP contribution in [0.1, 0.15) is 40.0 Å². The smallest absolute Gasteiger partial charge is 0.324 e. The number of esters is 2. The first-order valence-electron chi connectivity index (χ1n) is 7.18. The molecule has 1 rings (SSSR count). The minimum atomic E-state index is -1.59. The number of allylic oxidation sites excluding steroid dienone is 3. The Balaban J connectivity index is 3.19. The van der Waals surface area contributed by atoms with Gasteiger partial charge < -0.3 is 9.47 Å². The van der Waals surface area contributed by atoms with Gasteiger partial charge in [-0.1, -0.05) is 19.6 Å². The third-order valence-corrected chi connectivity index (χ3v) is 3.40. The maximum absolute atomic E-state index is 12.3. The summed E-state index contributed by atoms with van der Waals surface area (Å²) in [5, 5.41) is 0. The van der Waals surface area contributed by atoms with Gasteiger partial charge in [0, 0.05) is 12.0 Å². The van der Waals surface area contributed by atoms with Crippen LogP contribution in [-0.4, -0.2) is 30.9 Å². The van der Waals surface area contributed by atoms with Crippen molar-refractivity contribution in [2.24, 2.45) is 5.41 Å². The Morgan fingerprint density at radius 1 is 1.14 bits per heavy atom. The molecule has 0 aromatic rings. The zero-order valence-corrected chi connectivity index (χ0v) is 12.9. The summed E-state index contributed by atoms with van der Waals surface area (Å²) in [6.45, 7) is 9.33. The Bertz CT molecular complexity index is 447. The van der Waals surface area contributed by atoms with Crippen molar-refractivity contribution < 1.29 is 23.9 Å². The summed E-state index contributed by atoms with van der Waals surface area (Å²) in [5.41, 5.74) is -0.610. The molecular weight excluding hydrogens is 272 g/mol. The van der Waals surface area contributed by atoms with E-state index < -0.39 is 17.4 Å². The average Bonchev–Trinajstić information content (AvgIpc) is 2.43. The summed E-state index contributed by atoms with van der Waals surface area (Å²) in [7, 11) is 0. The SMILES string of the molecule is C=C1CC(C(=O)OCC)(C(=O)OCC)CC(=O)/C1=C/CC. The van der Waals surface area contributed by atoms with E-state index in [9.17, 15) is 14.4 Å². The largest absolute Gasteiger partial charge is 0.465 e. The molecule has 0 aliphatic heterocycles. The van der Waals surface area contributed by atoms with Crippen LogP contribution in [0.25, 0.3) is 0 Å². The molecule has 1 saturated carbocycles. The predicted molar refractivity (Wildman–Crippen MR) is 77.5 cm³/mol. The lowest BCUT2D eigenvalue weighted by molar-refractivity contribution is -0.174. The molecule has 0 aromatic heterocycles. The molecule has 0 atom stereocenters. The average molecular weight is 294 g/mol. The van der Waals surface area contributed by atoms with Gasteiger partial charge in [-0.05, 0) is 32.3 Å². The normalized spacial score (nSPS) is 19.5. The maximum Gasteiger partial charge on any atom is 0.324 e.